The summed E-state index contributed by atoms with van der Waals surface area (Å²) in [6.07, 6.45) is -2.69. The maximum atomic E-state index is 12.4. The van der Waals surface area contributed by atoms with Gasteiger partial charge < -0.3 is 24.6 Å². The molecule has 2 aromatic heterocycles. The van der Waals surface area contributed by atoms with E-state index in [-0.39, 0.29) is 22.8 Å². The standard InChI is InChI=1S/C15H21N4O8P/c1-7(2)11(27-28(23,24-3)25-4)12-9(20)10(21)15(26-12)19-6-18-8-13(19)16-5-17-14(8)22/h5-6,9-10,12,15,20-21H,1-4H3,(H,16,17,22)/t9-,10+,12-,15+/m0/s1. The maximum Gasteiger partial charge on any atom is 0.529 e. The zero-order valence-electron chi connectivity index (χ0n) is 15.6. The SMILES string of the molecule is COP(=O)(OC)OC(=C(C)C)[C@H]1O[C@@H](n2cnc3c(O)ncnc32)[C@H](O)[C@@H]1O. The van der Waals surface area contributed by atoms with E-state index < -0.39 is 32.4 Å². The van der Waals surface area contributed by atoms with Gasteiger partial charge in [0.25, 0.3) is 0 Å². The minimum absolute atomic E-state index is 0.00276. The summed E-state index contributed by atoms with van der Waals surface area (Å²) in [5.74, 6) is -0.328. The molecular formula is C15H21N4O8P. The summed E-state index contributed by atoms with van der Waals surface area (Å²) in [6, 6.07) is 0. The number of allylic oxidation sites excluding steroid dienone is 1. The summed E-state index contributed by atoms with van der Waals surface area (Å²) in [4.78, 5) is 11.7. The lowest BCUT2D eigenvalue weighted by Gasteiger charge is -2.23. The summed E-state index contributed by atoms with van der Waals surface area (Å²) in [5, 5.41) is 30.8. The first-order valence-electron chi connectivity index (χ1n) is 8.19. The predicted molar refractivity (Wildman–Crippen MR) is 94.0 cm³/mol. The van der Waals surface area contributed by atoms with Crippen LogP contribution in [-0.2, 0) is 22.9 Å². The summed E-state index contributed by atoms with van der Waals surface area (Å²) >= 11 is 0. The van der Waals surface area contributed by atoms with Crippen molar-refractivity contribution in [2.45, 2.75) is 38.4 Å². The molecule has 3 heterocycles. The smallest absolute Gasteiger partial charge is 0.492 e. The molecule has 3 N–H and O–H groups in total. The molecule has 0 radical (unpaired) electrons. The number of imidazole rings is 1. The molecule has 12 nitrogen and oxygen atoms in total. The van der Waals surface area contributed by atoms with Crippen LogP contribution in [0.1, 0.15) is 20.1 Å². The van der Waals surface area contributed by atoms with Crippen molar-refractivity contribution in [1.82, 2.24) is 19.5 Å². The van der Waals surface area contributed by atoms with Gasteiger partial charge in [-0.15, -0.1) is 0 Å². The minimum Gasteiger partial charge on any atom is -0.492 e. The molecule has 0 amide bonds. The van der Waals surface area contributed by atoms with Crippen molar-refractivity contribution in [3.8, 4) is 5.88 Å². The molecule has 3 rings (SSSR count). The molecule has 1 saturated heterocycles. The second-order valence-electron chi connectivity index (χ2n) is 6.22. The Morgan fingerprint density at radius 1 is 1.18 bits per heavy atom. The third-order valence-corrected chi connectivity index (χ3v) is 5.58. The number of aliphatic hydroxyl groups is 2. The molecular weight excluding hydrogens is 395 g/mol. The van der Waals surface area contributed by atoms with E-state index in [0.29, 0.717) is 5.57 Å². The molecule has 1 fully saturated rings. The molecule has 1 aliphatic heterocycles. The largest absolute Gasteiger partial charge is 0.529 e. The Morgan fingerprint density at radius 2 is 1.86 bits per heavy atom. The van der Waals surface area contributed by atoms with E-state index in [1.807, 2.05) is 0 Å². The van der Waals surface area contributed by atoms with Gasteiger partial charge in [-0.05, 0) is 19.4 Å². The van der Waals surface area contributed by atoms with Crippen molar-refractivity contribution >= 4 is 19.0 Å². The van der Waals surface area contributed by atoms with Crippen LogP contribution in [0.25, 0.3) is 11.2 Å². The highest BCUT2D eigenvalue weighted by Crippen LogP contribution is 2.52. The molecule has 2 aromatic rings. The normalized spacial score (nSPS) is 25.2. The van der Waals surface area contributed by atoms with E-state index in [4.69, 9.17) is 18.3 Å². The fourth-order valence-corrected chi connectivity index (χ4v) is 3.65. The van der Waals surface area contributed by atoms with Crippen LogP contribution in [0, 0.1) is 0 Å². The highest BCUT2D eigenvalue weighted by atomic mass is 31.2. The van der Waals surface area contributed by atoms with E-state index in [1.165, 1.54) is 10.9 Å². The topological polar surface area (TPSA) is 158 Å². The molecule has 4 atom stereocenters. The zero-order valence-corrected chi connectivity index (χ0v) is 16.5. The van der Waals surface area contributed by atoms with E-state index in [2.05, 4.69) is 15.0 Å². The van der Waals surface area contributed by atoms with Crippen LogP contribution in [-0.4, -0.2) is 67.4 Å². The summed E-state index contributed by atoms with van der Waals surface area (Å²) in [5.41, 5.74) is 0.836. The lowest BCUT2D eigenvalue weighted by molar-refractivity contribution is -0.0348. The first-order valence-corrected chi connectivity index (χ1v) is 9.65. The van der Waals surface area contributed by atoms with Crippen LogP contribution in [0.15, 0.2) is 24.0 Å². The number of aromatic hydroxyl groups is 1. The van der Waals surface area contributed by atoms with E-state index in [9.17, 15) is 19.9 Å². The zero-order chi connectivity index (χ0) is 20.6. The van der Waals surface area contributed by atoms with Gasteiger partial charge in [0, 0.05) is 14.2 Å². The Kier molecular flexibility index (Phi) is 5.71. The summed E-state index contributed by atoms with van der Waals surface area (Å²) in [6.45, 7) is 3.30. The lowest BCUT2D eigenvalue weighted by atomic mass is 10.1. The van der Waals surface area contributed by atoms with Gasteiger partial charge in [-0.3, -0.25) is 13.6 Å². The molecule has 0 saturated carbocycles. The molecule has 154 valence electrons. The lowest BCUT2D eigenvalue weighted by Crippen LogP contribution is -2.33. The van der Waals surface area contributed by atoms with Crippen LogP contribution in [0.4, 0.5) is 0 Å². The molecule has 0 bridgehead atoms. The number of rotatable bonds is 6. The quantitative estimate of drug-likeness (QED) is 0.453. The monoisotopic (exact) mass is 416 g/mol. The number of aliphatic hydroxyl groups excluding tert-OH is 2. The summed E-state index contributed by atoms with van der Waals surface area (Å²) in [7, 11) is -1.61. The molecule has 0 spiro atoms. The minimum atomic E-state index is -3.92. The van der Waals surface area contributed by atoms with Crippen LogP contribution in [0.5, 0.6) is 5.88 Å². The second-order valence-corrected chi connectivity index (χ2v) is 8.02. The van der Waals surface area contributed by atoms with Crippen LogP contribution < -0.4 is 0 Å². The maximum absolute atomic E-state index is 12.4. The Morgan fingerprint density at radius 3 is 2.46 bits per heavy atom. The van der Waals surface area contributed by atoms with Gasteiger partial charge in [0.2, 0.25) is 5.88 Å². The van der Waals surface area contributed by atoms with E-state index in [0.717, 1.165) is 20.5 Å². The highest BCUT2D eigenvalue weighted by Gasteiger charge is 2.48. The Labute approximate surface area is 160 Å². The van der Waals surface area contributed by atoms with Gasteiger partial charge in [0.1, 0.15) is 30.4 Å². The first-order chi connectivity index (χ1) is 13.2. The Hall–Kier alpha value is -2.08. The number of fused-ring (bicyclic) bond motifs is 1. The third-order valence-electron chi connectivity index (χ3n) is 4.26. The fourth-order valence-electron chi connectivity index (χ4n) is 2.83. The van der Waals surface area contributed by atoms with Crippen molar-refractivity contribution in [3.63, 3.8) is 0 Å². The van der Waals surface area contributed by atoms with E-state index in [1.54, 1.807) is 13.8 Å². The van der Waals surface area contributed by atoms with Crippen LogP contribution >= 0.6 is 7.82 Å². The molecule has 1 aliphatic rings. The highest BCUT2D eigenvalue weighted by molar-refractivity contribution is 7.48. The van der Waals surface area contributed by atoms with Crippen molar-refractivity contribution in [2.75, 3.05) is 14.2 Å². The van der Waals surface area contributed by atoms with Crippen LogP contribution in [0.3, 0.4) is 0 Å². The first kappa shape index (κ1) is 20.6. The molecule has 0 unspecified atom stereocenters. The molecule has 0 aromatic carbocycles. The number of nitrogens with zero attached hydrogens (tertiary/aromatic N) is 4. The molecule has 28 heavy (non-hydrogen) atoms. The van der Waals surface area contributed by atoms with Gasteiger partial charge in [-0.25, -0.2) is 14.5 Å². The average molecular weight is 416 g/mol. The molecule has 0 aliphatic carbocycles. The second kappa shape index (κ2) is 7.74. The van der Waals surface area contributed by atoms with Gasteiger partial charge in [-0.1, -0.05) is 0 Å². The Balaban J connectivity index is 1.96. The van der Waals surface area contributed by atoms with Gasteiger partial charge in [-0.2, -0.15) is 4.98 Å². The van der Waals surface area contributed by atoms with Crippen molar-refractivity contribution in [3.05, 3.63) is 24.0 Å². The third kappa shape index (κ3) is 3.50. The van der Waals surface area contributed by atoms with E-state index >= 15 is 0 Å². The van der Waals surface area contributed by atoms with Crippen molar-refractivity contribution < 1.29 is 38.2 Å². The summed E-state index contributed by atoms with van der Waals surface area (Å²) < 4.78 is 34.5. The van der Waals surface area contributed by atoms with Gasteiger partial charge >= 0.3 is 7.82 Å². The number of ether oxygens (including phenoxy) is 1. The van der Waals surface area contributed by atoms with Gasteiger partial charge in [0.05, 0.1) is 6.33 Å². The number of aromatic nitrogens is 4. The fraction of sp³-hybridized carbons (Fsp3) is 0.533. The van der Waals surface area contributed by atoms with Crippen molar-refractivity contribution in [2.24, 2.45) is 0 Å². The average Bonchev–Trinajstić information content (AvgIpc) is 3.22. The van der Waals surface area contributed by atoms with Crippen LogP contribution in [0.2, 0.25) is 0 Å². The predicted octanol–water partition coefficient (Wildman–Crippen LogP) is 0.862. The number of phosphoric ester groups is 1. The molecule has 13 heteroatoms. The Bertz CT molecular complexity index is 935. The number of phosphoric acid groups is 1. The van der Waals surface area contributed by atoms with Gasteiger partial charge in [0.15, 0.2) is 17.4 Å². The number of hydrogen-bond acceptors (Lipinski definition) is 11. The van der Waals surface area contributed by atoms with Crippen molar-refractivity contribution in [1.29, 1.82) is 0 Å². The number of hydrogen-bond donors (Lipinski definition) is 3.